The zero-order chi connectivity index (χ0) is 20.4. The molecule has 0 bridgehead atoms. The fraction of sp³-hybridized carbons (Fsp3) is 0.100. The third-order valence-electron chi connectivity index (χ3n) is 4.10. The van der Waals surface area contributed by atoms with Gasteiger partial charge in [0.2, 0.25) is 5.82 Å². The number of hydrogen-bond acceptors (Lipinski definition) is 6. The first-order valence-corrected chi connectivity index (χ1v) is 10.3. The molecule has 0 N–H and O–H groups in total. The van der Waals surface area contributed by atoms with Gasteiger partial charge in [0.15, 0.2) is 15.6 Å². The van der Waals surface area contributed by atoms with E-state index in [4.69, 9.17) is 8.94 Å². The molecule has 0 spiro atoms. The number of sulfone groups is 1. The van der Waals surface area contributed by atoms with Gasteiger partial charge in [-0.05, 0) is 42.5 Å². The highest BCUT2D eigenvalue weighted by molar-refractivity contribution is 7.89. The van der Waals surface area contributed by atoms with Crippen LogP contribution in [-0.4, -0.2) is 18.6 Å². The molecule has 29 heavy (non-hydrogen) atoms. The van der Waals surface area contributed by atoms with E-state index in [-0.39, 0.29) is 34.6 Å². The first kappa shape index (κ1) is 19.0. The highest BCUT2D eigenvalue weighted by atomic mass is 32.2. The molecule has 2 aromatic carbocycles. The molecule has 0 aliphatic carbocycles. The first-order chi connectivity index (χ1) is 13.9. The van der Waals surface area contributed by atoms with Crippen LogP contribution in [0.5, 0.6) is 0 Å². The molecule has 0 saturated heterocycles. The van der Waals surface area contributed by atoms with E-state index in [0.29, 0.717) is 5.56 Å². The number of nitrogens with zero attached hydrogens (tertiary/aromatic N) is 2. The van der Waals surface area contributed by atoms with E-state index in [1.165, 1.54) is 54.6 Å². The van der Waals surface area contributed by atoms with Crippen molar-refractivity contribution in [3.05, 3.63) is 83.6 Å². The number of hydrogen-bond donors (Lipinski definition) is 0. The van der Waals surface area contributed by atoms with Crippen LogP contribution in [-0.2, 0) is 21.3 Å². The topological polar surface area (TPSA) is 86.2 Å². The molecule has 6 nitrogen and oxygen atoms in total. The largest absolute Gasteiger partial charge is 0.455 e. The normalized spacial score (nSPS) is 11.7. The molecule has 0 aliphatic rings. The zero-order valence-electron chi connectivity index (χ0n) is 14.9. The smallest absolute Gasteiger partial charge is 0.293 e. The molecule has 0 saturated carbocycles. The minimum atomic E-state index is -3.66. The van der Waals surface area contributed by atoms with E-state index in [2.05, 4.69) is 10.1 Å². The van der Waals surface area contributed by atoms with E-state index in [1.807, 2.05) is 0 Å². The maximum atomic E-state index is 13.7. The summed E-state index contributed by atoms with van der Waals surface area (Å²) in [6, 6.07) is 14.3. The predicted octanol–water partition coefficient (Wildman–Crippen LogP) is 4.39. The summed E-state index contributed by atoms with van der Waals surface area (Å²) in [5, 5.41) is 3.81. The van der Waals surface area contributed by atoms with Gasteiger partial charge in [-0.2, -0.15) is 4.98 Å². The summed E-state index contributed by atoms with van der Waals surface area (Å²) in [6.07, 6.45) is 0. The lowest BCUT2D eigenvalue weighted by Gasteiger charge is -2.04. The summed E-state index contributed by atoms with van der Waals surface area (Å²) in [6.45, 7) is 0. The van der Waals surface area contributed by atoms with Crippen molar-refractivity contribution in [2.45, 2.75) is 11.5 Å². The van der Waals surface area contributed by atoms with Crippen LogP contribution < -0.4 is 0 Å². The van der Waals surface area contributed by atoms with Gasteiger partial charge in [0.05, 0.1) is 5.75 Å². The summed E-state index contributed by atoms with van der Waals surface area (Å²) >= 11 is 0. The fourth-order valence-electron chi connectivity index (χ4n) is 2.73. The van der Waals surface area contributed by atoms with Crippen LogP contribution in [0, 0.1) is 11.6 Å². The third-order valence-corrected chi connectivity index (χ3v) is 5.57. The quantitative estimate of drug-likeness (QED) is 0.463. The lowest BCUT2D eigenvalue weighted by Crippen LogP contribution is -2.08. The van der Waals surface area contributed by atoms with Crippen LogP contribution in [0.1, 0.15) is 11.3 Å². The summed E-state index contributed by atoms with van der Waals surface area (Å²) in [5.74, 6) is -1.14. The molecule has 148 valence electrons. The fourth-order valence-corrected chi connectivity index (χ4v) is 4.13. The van der Waals surface area contributed by atoms with Gasteiger partial charge in [0.25, 0.3) is 5.89 Å². The van der Waals surface area contributed by atoms with Gasteiger partial charge < -0.3 is 8.94 Å². The van der Waals surface area contributed by atoms with Crippen molar-refractivity contribution in [2.24, 2.45) is 0 Å². The van der Waals surface area contributed by atoms with E-state index in [0.717, 1.165) is 0 Å². The Hall–Kier alpha value is -3.33. The Morgan fingerprint density at radius 3 is 2.41 bits per heavy atom. The summed E-state index contributed by atoms with van der Waals surface area (Å²) in [7, 11) is -3.66. The molecule has 0 radical (unpaired) electrons. The van der Waals surface area contributed by atoms with Crippen LogP contribution >= 0.6 is 0 Å². The Bertz CT molecular complexity index is 1250. The van der Waals surface area contributed by atoms with Crippen LogP contribution in [0.2, 0.25) is 0 Å². The van der Waals surface area contributed by atoms with Crippen molar-refractivity contribution >= 4 is 9.84 Å². The van der Waals surface area contributed by atoms with Gasteiger partial charge in [-0.1, -0.05) is 23.4 Å². The third kappa shape index (κ3) is 4.40. The predicted molar refractivity (Wildman–Crippen MR) is 100 cm³/mol. The number of benzene rings is 2. The van der Waals surface area contributed by atoms with Gasteiger partial charge in [0, 0.05) is 11.1 Å². The van der Waals surface area contributed by atoms with Gasteiger partial charge in [-0.3, -0.25) is 0 Å². The van der Waals surface area contributed by atoms with Crippen molar-refractivity contribution in [1.29, 1.82) is 0 Å². The van der Waals surface area contributed by atoms with E-state index >= 15 is 0 Å². The molecule has 2 heterocycles. The standard InChI is InChI=1S/C20H14F2N2O4S/c21-15-7-5-13(6-8-15)19-23-20(28-24-19)18-10-9-16(27-18)12-29(25,26)11-14-3-1-2-4-17(14)22/h1-10H,11-12H2. The first-order valence-electron chi connectivity index (χ1n) is 8.52. The average molecular weight is 416 g/mol. The highest BCUT2D eigenvalue weighted by Crippen LogP contribution is 2.25. The van der Waals surface area contributed by atoms with Gasteiger partial charge >= 0.3 is 0 Å². The van der Waals surface area contributed by atoms with Crippen LogP contribution in [0.4, 0.5) is 8.78 Å². The summed E-state index contributed by atoms with van der Waals surface area (Å²) in [4.78, 5) is 4.18. The molecular formula is C20H14F2N2O4S. The second-order valence-corrected chi connectivity index (χ2v) is 8.38. The Kier molecular flexibility index (Phi) is 4.98. The zero-order valence-corrected chi connectivity index (χ0v) is 15.7. The van der Waals surface area contributed by atoms with Gasteiger partial charge in [0.1, 0.15) is 23.1 Å². The van der Waals surface area contributed by atoms with Gasteiger partial charge in [-0.15, -0.1) is 0 Å². The number of halogens is 2. The molecule has 0 fully saturated rings. The van der Waals surface area contributed by atoms with Crippen molar-refractivity contribution in [3.63, 3.8) is 0 Å². The average Bonchev–Trinajstić information content (AvgIpc) is 3.33. The second kappa shape index (κ2) is 7.59. The maximum absolute atomic E-state index is 13.7. The molecule has 0 amide bonds. The minimum absolute atomic E-state index is 0.0575. The number of aromatic nitrogens is 2. The van der Waals surface area contributed by atoms with Crippen molar-refractivity contribution in [2.75, 3.05) is 0 Å². The molecule has 4 aromatic rings. The monoisotopic (exact) mass is 416 g/mol. The Morgan fingerprint density at radius 2 is 1.66 bits per heavy atom. The van der Waals surface area contributed by atoms with Gasteiger partial charge in [-0.25, -0.2) is 17.2 Å². The molecular weight excluding hydrogens is 402 g/mol. The Labute approximate surface area is 164 Å². The molecule has 9 heteroatoms. The van der Waals surface area contributed by atoms with Crippen LogP contribution in [0.3, 0.4) is 0 Å². The van der Waals surface area contributed by atoms with Crippen LogP contribution in [0.25, 0.3) is 23.0 Å². The summed E-state index contributed by atoms with van der Waals surface area (Å²) in [5.41, 5.74) is 0.653. The molecule has 0 atom stereocenters. The minimum Gasteiger partial charge on any atom is -0.455 e. The molecule has 0 aliphatic heterocycles. The second-order valence-electron chi connectivity index (χ2n) is 6.32. The SMILES string of the molecule is O=S(=O)(Cc1ccc(-c2nc(-c3ccc(F)cc3)no2)o1)Cc1ccccc1F. The van der Waals surface area contributed by atoms with Crippen LogP contribution in [0.15, 0.2) is 69.6 Å². The Balaban J connectivity index is 1.50. The van der Waals surface area contributed by atoms with Crippen molar-refractivity contribution in [3.8, 4) is 23.0 Å². The number of furan rings is 1. The summed E-state index contributed by atoms with van der Waals surface area (Å²) < 4.78 is 62.1. The van der Waals surface area contributed by atoms with E-state index in [1.54, 1.807) is 6.07 Å². The van der Waals surface area contributed by atoms with Crippen molar-refractivity contribution < 1.29 is 26.1 Å². The maximum Gasteiger partial charge on any atom is 0.293 e. The highest BCUT2D eigenvalue weighted by Gasteiger charge is 2.20. The van der Waals surface area contributed by atoms with E-state index in [9.17, 15) is 17.2 Å². The lowest BCUT2D eigenvalue weighted by atomic mass is 10.2. The molecule has 2 aromatic heterocycles. The molecule has 0 unspecified atom stereocenters. The number of rotatable bonds is 6. The molecule has 4 rings (SSSR count). The lowest BCUT2D eigenvalue weighted by molar-refractivity contribution is 0.413. The Morgan fingerprint density at radius 1 is 0.897 bits per heavy atom. The van der Waals surface area contributed by atoms with Crippen molar-refractivity contribution in [1.82, 2.24) is 10.1 Å². The van der Waals surface area contributed by atoms with E-state index < -0.39 is 27.2 Å².